The number of carbonyl (C=O) groups excluding carboxylic acids is 2. The van der Waals surface area contributed by atoms with Gasteiger partial charge in [0, 0.05) is 38.1 Å². The van der Waals surface area contributed by atoms with Gasteiger partial charge in [-0.1, -0.05) is 26.0 Å². The monoisotopic (exact) mass is 456 g/mol. The van der Waals surface area contributed by atoms with Gasteiger partial charge in [0.15, 0.2) is 0 Å². The zero-order chi connectivity index (χ0) is 23.8. The minimum Gasteiger partial charge on any atom is -0.494 e. The van der Waals surface area contributed by atoms with Crippen LogP contribution in [0.4, 0.5) is 4.39 Å². The SMILES string of the molecule is COC(=O)c1ccc(CN2CCN(C(=O)C(C)(C)CCCOc3ccc(F)cc3)CC2)cc1. The maximum Gasteiger partial charge on any atom is 0.337 e. The number of carbonyl (C=O) groups is 2. The Morgan fingerprint density at radius 1 is 0.970 bits per heavy atom. The van der Waals surface area contributed by atoms with Crippen molar-refractivity contribution < 1.29 is 23.5 Å². The van der Waals surface area contributed by atoms with E-state index in [9.17, 15) is 14.0 Å². The van der Waals surface area contributed by atoms with Crippen LogP contribution in [-0.2, 0) is 16.1 Å². The molecule has 6 nitrogen and oxygen atoms in total. The van der Waals surface area contributed by atoms with E-state index in [0.29, 0.717) is 31.0 Å². The summed E-state index contributed by atoms with van der Waals surface area (Å²) in [5, 5.41) is 0. The lowest BCUT2D eigenvalue weighted by atomic mass is 9.86. The zero-order valence-electron chi connectivity index (χ0n) is 19.7. The van der Waals surface area contributed by atoms with Crippen LogP contribution in [0.25, 0.3) is 0 Å². The van der Waals surface area contributed by atoms with Crippen LogP contribution in [0.15, 0.2) is 48.5 Å². The molecule has 178 valence electrons. The molecule has 1 amide bonds. The molecular formula is C26H33FN2O4. The van der Waals surface area contributed by atoms with Crippen molar-refractivity contribution in [1.82, 2.24) is 9.80 Å². The molecule has 0 aromatic heterocycles. The minimum absolute atomic E-state index is 0.173. The topological polar surface area (TPSA) is 59.1 Å². The average Bonchev–Trinajstić information content (AvgIpc) is 2.83. The molecule has 0 radical (unpaired) electrons. The van der Waals surface area contributed by atoms with Crippen molar-refractivity contribution in [3.8, 4) is 5.75 Å². The third-order valence-electron chi connectivity index (χ3n) is 6.05. The second kappa shape index (κ2) is 11.3. The predicted molar refractivity (Wildman–Crippen MR) is 125 cm³/mol. The van der Waals surface area contributed by atoms with Gasteiger partial charge in [-0.15, -0.1) is 0 Å². The van der Waals surface area contributed by atoms with Gasteiger partial charge in [0.05, 0.1) is 19.3 Å². The van der Waals surface area contributed by atoms with E-state index in [0.717, 1.165) is 38.0 Å². The number of hydrogen-bond donors (Lipinski definition) is 0. The molecule has 0 bridgehead atoms. The van der Waals surface area contributed by atoms with Gasteiger partial charge >= 0.3 is 5.97 Å². The van der Waals surface area contributed by atoms with Crippen molar-refractivity contribution >= 4 is 11.9 Å². The first kappa shape index (κ1) is 24.7. The fourth-order valence-corrected chi connectivity index (χ4v) is 4.00. The van der Waals surface area contributed by atoms with Gasteiger partial charge in [0.25, 0.3) is 0 Å². The second-order valence-corrected chi connectivity index (χ2v) is 9.05. The Balaban J connectivity index is 1.40. The summed E-state index contributed by atoms with van der Waals surface area (Å²) in [5.41, 5.74) is 1.21. The van der Waals surface area contributed by atoms with Crippen LogP contribution in [0.3, 0.4) is 0 Å². The van der Waals surface area contributed by atoms with Gasteiger partial charge in [-0.25, -0.2) is 9.18 Å². The first-order chi connectivity index (χ1) is 15.8. The number of rotatable bonds is 9. The lowest BCUT2D eigenvalue weighted by Gasteiger charge is -2.38. The summed E-state index contributed by atoms with van der Waals surface area (Å²) in [5.74, 6) is 0.187. The third kappa shape index (κ3) is 7.02. The number of nitrogens with zero attached hydrogens (tertiary/aromatic N) is 2. The van der Waals surface area contributed by atoms with Crippen molar-refractivity contribution in [2.45, 2.75) is 33.2 Å². The molecule has 2 aromatic rings. The van der Waals surface area contributed by atoms with E-state index in [1.54, 1.807) is 24.3 Å². The van der Waals surface area contributed by atoms with E-state index >= 15 is 0 Å². The molecule has 1 fully saturated rings. The normalized spacial score (nSPS) is 14.7. The summed E-state index contributed by atoms with van der Waals surface area (Å²) in [6.45, 7) is 8.29. The molecule has 0 spiro atoms. The number of esters is 1. The molecule has 1 aliphatic heterocycles. The van der Waals surface area contributed by atoms with Crippen molar-refractivity contribution in [3.05, 3.63) is 65.5 Å². The van der Waals surface area contributed by atoms with Crippen LogP contribution in [0.5, 0.6) is 5.75 Å². The number of amides is 1. The fourth-order valence-electron chi connectivity index (χ4n) is 4.00. The summed E-state index contributed by atoms with van der Waals surface area (Å²) in [7, 11) is 1.38. The Kier molecular flexibility index (Phi) is 8.44. The number of halogens is 1. The first-order valence-corrected chi connectivity index (χ1v) is 11.4. The Morgan fingerprint density at radius 2 is 1.61 bits per heavy atom. The van der Waals surface area contributed by atoms with Crippen LogP contribution in [0, 0.1) is 11.2 Å². The minimum atomic E-state index is -0.460. The van der Waals surface area contributed by atoms with Crippen molar-refractivity contribution in [2.24, 2.45) is 5.41 Å². The summed E-state index contributed by atoms with van der Waals surface area (Å²) < 4.78 is 23.4. The van der Waals surface area contributed by atoms with E-state index in [-0.39, 0.29) is 17.7 Å². The molecule has 0 saturated carbocycles. The summed E-state index contributed by atoms with van der Waals surface area (Å²) >= 11 is 0. The Bertz CT molecular complexity index is 920. The van der Waals surface area contributed by atoms with Crippen molar-refractivity contribution in [3.63, 3.8) is 0 Å². The van der Waals surface area contributed by atoms with Crippen molar-refractivity contribution in [2.75, 3.05) is 39.9 Å². The second-order valence-electron chi connectivity index (χ2n) is 9.05. The van der Waals surface area contributed by atoms with E-state index in [1.165, 1.54) is 19.2 Å². The summed E-state index contributed by atoms with van der Waals surface area (Å²) in [6, 6.07) is 13.4. The molecule has 2 aromatic carbocycles. The lowest BCUT2D eigenvalue weighted by molar-refractivity contribution is -0.142. The predicted octanol–water partition coefficient (Wildman–Crippen LogP) is 4.14. The number of ether oxygens (including phenoxy) is 2. The first-order valence-electron chi connectivity index (χ1n) is 11.4. The van der Waals surface area contributed by atoms with E-state index in [4.69, 9.17) is 9.47 Å². The molecular weight excluding hydrogens is 423 g/mol. The van der Waals surface area contributed by atoms with E-state index < -0.39 is 5.41 Å². The molecule has 1 saturated heterocycles. The van der Waals surface area contributed by atoms with Crippen molar-refractivity contribution in [1.29, 1.82) is 0 Å². The zero-order valence-corrected chi connectivity index (χ0v) is 19.7. The van der Waals surface area contributed by atoms with Gasteiger partial charge in [-0.2, -0.15) is 0 Å². The Labute approximate surface area is 195 Å². The quantitative estimate of drug-likeness (QED) is 0.419. The Hall–Kier alpha value is -2.93. The number of hydrogen-bond acceptors (Lipinski definition) is 5. The lowest BCUT2D eigenvalue weighted by Crippen LogP contribution is -2.51. The Morgan fingerprint density at radius 3 is 2.21 bits per heavy atom. The third-order valence-corrected chi connectivity index (χ3v) is 6.05. The van der Waals surface area contributed by atoms with Crippen LogP contribution in [0.2, 0.25) is 0 Å². The van der Waals surface area contributed by atoms with Crippen LogP contribution >= 0.6 is 0 Å². The van der Waals surface area contributed by atoms with Gasteiger partial charge < -0.3 is 14.4 Å². The summed E-state index contributed by atoms with van der Waals surface area (Å²) in [4.78, 5) is 28.9. The maximum absolute atomic E-state index is 13.1. The highest BCUT2D eigenvalue weighted by molar-refractivity contribution is 5.89. The molecule has 1 aliphatic rings. The van der Waals surface area contributed by atoms with Crippen LogP contribution in [-0.4, -0.2) is 61.6 Å². The highest BCUT2D eigenvalue weighted by Gasteiger charge is 2.33. The largest absolute Gasteiger partial charge is 0.494 e. The van der Waals surface area contributed by atoms with Gasteiger partial charge in [-0.3, -0.25) is 9.69 Å². The highest BCUT2D eigenvalue weighted by atomic mass is 19.1. The van der Waals surface area contributed by atoms with E-state index in [1.807, 2.05) is 30.9 Å². The number of benzene rings is 2. The molecule has 0 aliphatic carbocycles. The highest BCUT2D eigenvalue weighted by Crippen LogP contribution is 2.26. The standard InChI is InChI=1S/C26H33FN2O4/c1-26(2,13-4-18-33-23-11-9-22(27)10-12-23)25(31)29-16-14-28(15-17-29)19-20-5-7-21(8-6-20)24(30)32-3/h5-12H,4,13-19H2,1-3H3. The smallest absolute Gasteiger partial charge is 0.337 e. The van der Waals surface area contributed by atoms with Gasteiger partial charge in [0.1, 0.15) is 11.6 Å². The molecule has 3 rings (SSSR count). The molecule has 0 N–H and O–H groups in total. The number of piperazine rings is 1. The average molecular weight is 457 g/mol. The van der Waals surface area contributed by atoms with Crippen LogP contribution in [0.1, 0.15) is 42.6 Å². The molecule has 1 heterocycles. The maximum atomic E-state index is 13.1. The van der Waals surface area contributed by atoms with Gasteiger partial charge in [0.2, 0.25) is 5.91 Å². The molecule has 0 unspecified atom stereocenters. The fraction of sp³-hybridized carbons (Fsp3) is 0.462. The molecule has 7 heteroatoms. The molecule has 33 heavy (non-hydrogen) atoms. The van der Waals surface area contributed by atoms with Crippen LogP contribution < -0.4 is 4.74 Å². The molecule has 0 atom stereocenters. The number of methoxy groups -OCH3 is 1. The van der Waals surface area contributed by atoms with E-state index in [2.05, 4.69) is 4.90 Å². The van der Waals surface area contributed by atoms with Gasteiger partial charge in [-0.05, 0) is 54.8 Å². The summed E-state index contributed by atoms with van der Waals surface area (Å²) in [6.07, 6.45) is 1.47.